The van der Waals surface area contributed by atoms with Gasteiger partial charge in [-0.1, -0.05) is 82.9 Å². The molecule has 2 aromatic rings. The Morgan fingerprint density at radius 1 is 0.931 bits per heavy atom. The molecule has 29 heavy (non-hydrogen) atoms. The number of nitrogens with zero attached hydrogens (tertiary/aromatic N) is 2. The van der Waals surface area contributed by atoms with E-state index in [9.17, 15) is 0 Å². The Morgan fingerprint density at radius 3 is 2.38 bits per heavy atom. The van der Waals surface area contributed by atoms with Crippen LogP contribution in [0.4, 0.5) is 0 Å². The van der Waals surface area contributed by atoms with Crippen molar-refractivity contribution in [3.05, 3.63) is 53.7 Å². The molecule has 0 N–H and O–H groups in total. The number of hydrogen-bond acceptors (Lipinski definition) is 2. The van der Waals surface area contributed by atoms with E-state index in [-0.39, 0.29) is 0 Å². The number of nitriles is 1. The number of benzene rings is 1. The molecule has 1 fully saturated rings. The highest BCUT2D eigenvalue weighted by molar-refractivity contribution is 5.60. The fraction of sp³-hybridized carbons (Fsp3) is 0.556. The van der Waals surface area contributed by atoms with Crippen molar-refractivity contribution in [2.45, 2.75) is 84.0 Å². The van der Waals surface area contributed by atoms with Gasteiger partial charge in [0.05, 0.1) is 17.3 Å². The van der Waals surface area contributed by atoms with E-state index in [0.29, 0.717) is 5.56 Å². The molecule has 0 spiro atoms. The van der Waals surface area contributed by atoms with Crippen molar-refractivity contribution in [3.8, 4) is 17.3 Å². The largest absolute Gasteiger partial charge is 0.256 e. The summed E-state index contributed by atoms with van der Waals surface area (Å²) < 4.78 is 0. The monoisotopic (exact) mass is 388 g/mol. The average molecular weight is 389 g/mol. The lowest BCUT2D eigenvalue weighted by Crippen LogP contribution is -2.16. The van der Waals surface area contributed by atoms with Crippen molar-refractivity contribution in [2.75, 3.05) is 0 Å². The molecule has 154 valence electrons. The van der Waals surface area contributed by atoms with Gasteiger partial charge in [-0.25, -0.2) is 0 Å². The maximum Gasteiger partial charge on any atom is 0.0991 e. The van der Waals surface area contributed by atoms with Gasteiger partial charge in [0.25, 0.3) is 0 Å². The van der Waals surface area contributed by atoms with Crippen molar-refractivity contribution in [2.24, 2.45) is 11.8 Å². The summed E-state index contributed by atoms with van der Waals surface area (Å²) in [6, 6.07) is 14.2. The van der Waals surface area contributed by atoms with Gasteiger partial charge in [-0.2, -0.15) is 5.26 Å². The fourth-order valence-corrected chi connectivity index (χ4v) is 4.79. The van der Waals surface area contributed by atoms with Gasteiger partial charge in [0.15, 0.2) is 0 Å². The average Bonchev–Trinajstić information content (AvgIpc) is 2.78. The summed E-state index contributed by atoms with van der Waals surface area (Å²) >= 11 is 0. The fourth-order valence-electron chi connectivity index (χ4n) is 4.79. The Bertz CT molecular complexity index is 755. The first-order chi connectivity index (χ1) is 14.3. The molecule has 2 atom stereocenters. The molecule has 0 bridgehead atoms. The lowest BCUT2D eigenvalue weighted by atomic mass is 9.77. The molecular formula is C27H36N2. The van der Waals surface area contributed by atoms with Gasteiger partial charge in [0.1, 0.15) is 0 Å². The highest BCUT2D eigenvalue weighted by Crippen LogP contribution is 2.35. The minimum Gasteiger partial charge on any atom is -0.256 e. The highest BCUT2D eigenvalue weighted by atomic mass is 14.7. The Balaban J connectivity index is 1.42. The Morgan fingerprint density at radius 2 is 1.69 bits per heavy atom. The SMILES string of the molecule is CCCCCCCC1CCCC(CCc2ccc(-c3ccc(C#N)cc3)nc2)C1. The number of unbranched alkanes of at least 4 members (excludes halogenated alkanes) is 4. The number of hydrogen-bond donors (Lipinski definition) is 0. The third-order valence-corrected chi connectivity index (χ3v) is 6.58. The zero-order chi connectivity index (χ0) is 20.3. The molecule has 1 aliphatic carbocycles. The summed E-state index contributed by atoms with van der Waals surface area (Å²) in [6.45, 7) is 2.29. The summed E-state index contributed by atoms with van der Waals surface area (Å²) in [5, 5.41) is 8.93. The van der Waals surface area contributed by atoms with Crippen LogP contribution < -0.4 is 0 Å². The minimum absolute atomic E-state index is 0.692. The van der Waals surface area contributed by atoms with Gasteiger partial charge >= 0.3 is 0 Å². The van der Waals surface area contributed by atoms with Crippen LogP contribution in [0.2, 0.25) is 0 Å². The molecule has 0 aliphatic heterocycles. The molecule has 0 saturated heterocycles. The molecule has 2 heteroatoms. The molecule has 2 nitrogen and oxygen atoms in total. The number of rotatable bonds is 10. The van der Waals surface area contributed by atoms with Crippen LogP contribution in [0, 0.1) is 23.2 Å². The van der Waals surface area contributed by atoms with Crippen molar-refractivity contribution in [1.29, 1.82) is 5.26 Å². The second-order valence-electron chi connectivity index (χ2n) is 8.88. The summed E-state index contributed by atoms with van der Waals surface area (Å²) in [5.74, 6) is 1.88. The first-order valence-corrected chi connectivity index (χ1v) is 11.7. The summed E-state index contributed by atoms with van der Waals surface area (Å²) in [6.07, 6.45) is 18.8. The lowest BCUT2D eigenvalue weighted by Gasteiger charge is -2.29. The van der Waals surface area contributed by atoms with Gasteiger partial charge in [0.2, 0.25) is 0 Å². The van der Waals surface area contributed by atoms with E-state index in [2.05, 4.69) is 30.1 Å². The summed E-state index contributed by atoms with van der Waals surface area (Å²) in [5.41, 5.74) is 4.10. The third kappa shape index (κ3) is 7.00. The predicted molar refractivity (Wildman–Crippen MR) is 122 cm³/mol. The Kier molecular flexibility index (Phi) is 8.75. The van der Waals surface area contributed by atoms with Crippen LogP contribution in [0.1, 0.15) is 88.7 Å². The lowest BCUT2D eigenvalue weighted by molar-refractivity contribution is 0.239. The molecular weight excluding hydrogens is 352 g/mol. The molecule has 0 amide bonds. The smallest absolute Gasteiger partial charge is 0.0991 e. The van der Waals surface area contributed by atoms with Crippen LogP contribution in [0.15, 0.2) is 42.6 Å². The first-order valence-electron chi connectivity index (χ1n) is 11.7. The minimum atomic E-state index is 0.692. The van der Waals surface area contributed by atoms with Gasteiger partial charge in [-0.15, -0.1) is 0 Å². The van der Waals surface area contributed by atoms with Gasteiger partial charge in [-0.05, 0) is 54.9 Å². The first kappa shape index (κ1) is 21.6. The van der Waals surface area contributed by atoms with Crippen LogP contribution in [0.3, 0.4) is 0 Å². The topological polar surface area (TPSA) is 36.7 Å². The van der Waals surface area contributed by atoms with Crippen molar-refractivity contribution < 1.29 is 0 Å². The molecule has 2 unspecified atom stereocenters. The number of aryl methyl sites for hydroxylation is 1. The van der Waals surface area contributed by atoms with Crippen LogP contribution >= 0.6 is 0 Å². The molecule has 1 aromatic carbocycles. The predicted octanol–water partition coefficient (Wildman–Crippen LogP) is 7.72. The highest BCUT2D eigenvalue weighted by Gasteiger charge is 2.21. The van der Waals surface area contributed by atoms with E-state index in [1.807, 2.05) is 30.5 Å². The van der Waals surface area contributed by atoms with E-state index in [0.717, 1.165) is 29.5 Å². The number of pyridine rings is 1. The van der Waals surface area contributed by atoms with E-state index in [1.165, 1.54) is 76.2 Å². The zero-order valence-corrected chi connectivity index (χ0v) is 18.1. The Hall–Kier alpha value is -2.14. The quantitative estimate of drug-likeness (QED) is 0.391. The second-order valence-corrected chi connectivity index (χ2v) is 8.88. The van der Waals surface area contributed by atoms with Crippen molar-refractivity contribution >= 4 is 0 Å². The van der Waals surface area contributed by atoms with E-state index >= 15 is 0 Å². The second kappa shape index (κ2) is 11.8. The molecule has 1 aliphatic rings. The zero-order valence-electron chi connectivity index (χ0n) is 18.1. The van der Waals surface area contributed by atoms with Crippen LogP contribution in [-0.2, 0) is 6.42 Å². The standard InChI is InChI=1S/C27H36N2/c1-2-3-4-5-6-8-22-9-7-10-23(19-22)11-12-25-15-18-27(29-21-25)26-16-13-24(20-28)14-17-26/h13-18,21-23H,2-12,19H2,1H3. The van der Waals surface area contributed by atoms with E-state index in [1.54, 1.807) is 0 Å². The third-order valence-electron chi connectivity index (χ3n) is 6.58. The van der Waals surface area contributed by atoms with E-state index < -0.39 is 0 Å². The summed E-state index contributed by atoms with van der Waals surface area (Å²) in [4.78, 5) is 4.67. The van der Waals surface area contributed by atoms with Crippen molar-refractivity contribution in [3.63, 3.8) is 0 Å². The van der Waals surface area contributed by atoms with Crippen LogP contribution in [0.5, 0.6) is 0 Å². The summed E-state index contributed by atoms with van der Waals surface area (Å²) in [7, 11) is 0. The van der Waals surface area contributed by atoms with E-state index in [4.69, 9.17) is 5.26 Å². The molecule has 1 saturated carbocycles. The maximum atomic E-state index is 8.93. The van der Waals surface area contributed by atoms with Crippen LogP contribution in [-0.4, -0.2) is 4.98 Å². The normalized spacial score (nSPS) is 19.0. The molecule has 1 aromatic heterocycles. The van der Waals surface area contributed by atoms with Gasteiger partial charge in [0, 0.05) is 11.8 Å². The molecule has 3 rings (SSSR count). The van der Waals surface area contributed by atoms with Gasteiger partial charge < -0.3 is 0 Å². The van der Waals surface area contributed by atoms with Gasteiger partial charge in [-0.3, -0.25) is 4.98 Å². The molecule has 0 radical (unpaired) electrons. The van der Waals surface area contributed by atoms with Crippen molar-refractivity contribution in [1.82, 2.24) is 4.98 Å². The molecule has 1 heterocycles. The Labute approximate surface area is 177 Å². The number of aromatic nitrogens is 1. The van der Waals surface area contributed by atoms with Crippen LogP contribution in [0.25, 0.3) is 11.3 Å². The maximum absolute atomic E-state index is 8.93.